The van der Waals surface area contributed by atoms with Crippen LogP contribution >= 0.6 is 0 Å². The number of morpholine rings is 1. The number of carbonyl (C=O) groups is 1. The van der Waals surface area contributed by atoms with Crippen molar-refractivity contribution in [1.82, 2.24) is 24.6 Å². The van der Waals surface area contributed by atoms with Crippen LogP contribution in [0.5, 0.6) is 0 Å². The third kappa shape index (κ3) is 4.14. The van der Waals surface area contributed by atoms with Crippen LogP contribution in [0.1, 0.15) is 43.9 Å². The van der Waals surface area contributed by atoms with Gasteiger partial charge in [0.15, 0.2) is 11.6 Å². The fourth-order valence-electron chi connectivity index (χ4n) is 2.75. The average Bonchev–Trinajstić information content (AvgIpc) is 3.11. The summed E-state index contributed by atoms with van der Waals surface area (Å²) in [6.07, 6.45) is 1.68. The Morgan fingerprint density at radius 3 is 3.00 bits per heavy atom. The Labute approximate surface area is 145 Å². The minimum Gasteiger partial charge on any atom is -0.367 e. The number of ether oxygens (including phenoxy) is 1. The Balaban J connectivity index is 1.59. The molecule has 1 amide bonds. The van der Waals surface area contributed by atoms with E-state index in [2.05, 4.69) is 15.2 Å². The molecule has 1 aliphatic rings. The van der Waals surface area contributed by atoms with Crippen molar-refractivity contribution >= 4 is 5.91 Å². The van der Waals surface area contributed by atoms with Gasteiger partial charge in [-0.25, -0.2) is 4.98 Å². The van der Waals surface area contributed by atoms with Crippen LogP contribution < -0.4 is 5.56 Å². The van der Waals surface area contributed by atoms with Crippen molar-refractivity contribution in [3.63, 3.8) is 0 Å². The summed E-state index contributed by atoms with van der Waals surface area (Å²) in [5, 5.41) is 7.10. The predicted octanol–water partition coefficient (Wildman–Crippen LogP) is 1.08. The molecule has 8 nitrogen and oxygen atoms in total. The summed E-state index contributed by atoms with van der Waals surface area (Å²) in [6, 6.07) is 4.97. The van der Waals surface area contributed by atoms with Crippen molar-refractivity contribution in [2.75, 3.05) is 19.7 Å². The highest BCUT2D eigenvalue weighted by atomic mass is 16.5. The first-order chi connectivity index (χ1) is 12.0. The van der Waals surface area contributed by atoms with E-state index >= 15 is 0 Å². The van der Waals surface area contributed by atoms with Crippen LogP contribution in [0.2, 0.25) is 0 Å². The molecule has 0 unspecified atom stereocenters. The van der Waals surface area contributed by atoms with Crippen LogP contribution in [-0.4, -0.2) is 50.3 Å². The Hall–Kier alpha value is -2.48. The second-order valence-electron chi connectivity index (χ2n) is 6.42. The highest BCUT2D eigenvalue weighted by Gasteiger charge is 2.27. The zero-order chi connectivity index (χ0) is 17.8. The van der Waals surface area contributed by atoms with Gasteiger partial charge in [-0.1, -0.05) is 19.9 Å². The molecule has 8 heteroatoms. The van der Waals surface area contributed by atoms with Gasteiger partial charge in [0, 0.05) is 37.7 Å². The molecule has 0 radical (unpaired) electrons. The van der Waals surface area contributed by atoms with Crippen LogP contribution in [0, 0.1) is 0 Å². The molecular weight excluding hydrogens is 322 g/mol. The van der Waals surface area contributed by atoms with Crippen LogP contribution in [0.3, 0.4) is 0 Å². The van der Waals surface area contributed by atoms with Gasteiger partial charge in [-0.2, -0.15) is 5.10 Å². The number of nitrogens with zero attached hydrogens (tertiary/aromatic N) is 4. The van der Waals surface area contributed by atoms with Crippen molar-refractivity contribution in [2.24, 2.45) is 0 Å². The van der Waals surface area contributed by atoms with E-state index < -0.39 is 0 Å². The second-order valence-corrected chi connectivity index (χ2v) is 6.42. The number of H-pyrrole nitrogens is 1. The molecule has 2 aromatic rings. The van der Waals surface area contributed by atoms with Crippen LogP contribution in [0.4, 0.5) is 0 Å². The van der Waals surface area contributed by atoms with Gasteiger partial charge in [0.05, 0.1) is 13.2 Å². The minimum absolute atomic E-state index is 0.00708. The summed E-state index contributed by atoms with van der Waals surface area (Å²) in [6.45, 7) is 5.87. The zero-order valence-corrected chi connectivity index (χ0v) is 14.5. The monoisotopic (exact) mass is 345 g/mol. The van der Waals surface area contributed by atoms with Gasteiger partial charge >= 0.3 is 0 Å². The largest absolute Gasteiger partial charge is 0.367 e. The fourth-order valence-corrected chi connectivity index (χ4v) is 2.75. The number of hydrogen-bond acceptors (Lipinski definition) is 5. The third-order valence-electron chi connectivity index (χ3n) is 4.23. The summed E-state index contributed by atoms with van der Waals surface area (Å²) < 4.78 is 7.28. The van der Waals surface area contributed by atoms with Crippen molar-refractivity contribution in [3.05, 3.63) is 46.4 Å². The Kier molecular flexibility index (Phi) is 5.28. The lowest BCUT2D eigenvalue weighted by molar-refractivity contribution is -0.139. The molecule has 25 heavy (non-hydrogen) atoms. The normalized spacial score (nSPS) is 17.9. The molecule has 1 aliphatic heterocycles. The quantitative estimate of drug-likeness (QED) is 0.875. The lowest BCUT2D eigenvalue weighted by Crippen LogP contribution is -2.43. The number of nitrogens with one attached hydrogen (secondary N) is 1. The highest BCUT2D eigenvalue weighted by molar-refractivity contribution is 5.76. The van der Waals surface area contributed by atoms with E-state index in [0.29, 0.717) is 32.1 Å². The number of amides is 1. The van der Waals surface area contributed by atoms with Gasteiger partial charge in [-0.15, -0.1) is 0 Å². The predicted molar refractivity (Wildman–Crippen MR) is 91.1 cm³/mol. The van der Waals surface area contributed by atoms with Crippen molar-refractivity contribution < 1.29 is 9.53 Å². The molecular formula is C17H23N5O3. The Bertz CT molecular complexity index is 782. The maximum atomic E-state index is 12.5. The molecule has 1 atom stereocenters. The molecule has 0 aliphatic carbocycles. The summed E-state index contributed by atoms with van der Waals surface area (Å²) in [4.78, 5) is 30.4. The summed E-state index contributed by atoms with van der Waals surface area (Å²) in [7, 11) is 0. The van der Waals surface area contributed by atoms with Gasteiger partial charge in [0.25, 0.3) is 5.56 Å². The van der Waals surface area contributed by atoms with Crippen molar-refractivity contribution in [2.45, 2.75) is 38.8 Å². The van der Waals surface area contributed by atoms with E-state index in [1.165, 1.54) is 6.07 Å². The molecule has 3 rings (SSSR count). The number of aromatic amines is 1. The first-order valence-corrected chi connectivity index (χ1v) is 8.51. The van der Waals surface area contributed by atoms with E-state index in [-0.39, 0.29) is 29.9 Å². The minimum atomic E-state index is -0.294. The number of carbonyl (C=O) groups excluding carboxylic acids is 1. The molecule has 0 saturated carbocycles. The van der Waals surface area contributed by atoms with Gasteiger partial charge in [0.2, 0.25) is 5.91 Å². The SMILES string of the molecule is CC(C)c1n[nH]c([C@H]2CN(C(=O)CCn3ccccc3=O)CCO2)n1. The molecule has 2 aromatic heterocycles. The molecule has 1 N–H and O–H groups in total. The lowest BCUT2D eigenvalue weighted by atomic mass is 10.2. The van der Waals surface area contributed by atoms with Gasteiger partial charge < -0.3 is 14.2 Å². The molecule has 1 saturated heterocycles. The van der Waals surface area contributed by atoms with Crippen LogP contribution in [0.25, 0.3) is 0 Å². The Morgan fingerprint density at radius 1 is 1.44 bits per heavy atom. The van der Waals surface area contributed by atoms with E-state index in [4.69, 9.17) is 4.74 Å². The number of pyridine rings is 1. The maximum absolute atomic E-state index is 12.5. The van der Waals surface area contributed by atoms with Crippen LogP contribution in [-0.2, 0) is 16.1 Å². The first-order valence-electron chi connectivity index (χ1n) is 8.51. The van der Waals surface area contributed by atoms with E-state index in [0.717, 1.165) is 5.82 Å². The fraction of sp³-hybridized carbons (Fsp3) is 0.529. The Morgan fingerprint density at radius 2 is 2.28 bits per heavy atom. The first kappa shape index (κ1) is 17.3. The van der Waals surface area contributed by atoms with Crippen LogP contribution in [0.15, 0.2) is 29.2 Å². The van der Waals surface area contributed by atoms with Crippen molar-refractivity contribution in [1.29, 1.82) is 0 Å². The van der Waals surface area contributed by atoms with E-state index in [1.807, 2.05) is 13.8 Å². The van der Waals surface area contributed by atoms with E-state index in [9.17, 15) is 9.59 Å². The molecule has 0 aromatic carbocycles. The van der Waals surface area contributed by atoms with Gasteiger partial charge in [-0.05, 0) is 6.07 Å². The maximum Gasteiger partial charge on any atom is 0.250 e. The summed E-state index contributed by atoms with van der Waals surface area (Å²) >= 11 is 0. The molecule has 134 valence electrons. The average molecular weight is 345 g/mol. The van der Waals surface area contributed by atoms with Gasteiger partial charge in [-0.3, -0.25) is 14.7 Å². The number of aryl methyl sites for hydroxylation is 1. The summed E-state index contributed by atoms with van der Waals surface area (Å²) in [5.74, 6) is 1.63. The number of rotatable bonds is 5. The zero-order valence-electron chi connectivity index (χ0n) is 14.5. The van der Waals surface area contributed by atoms with Gasteiger partial charge in [0.1, 0.15) is 6.10 Å². The molecule has 0 bridgehead atoms. The highest BCUT2D eigenvalue weighted by Crippen LogP contribution is 2.21. The molecule has 1 fully saturated rings. The van der Waals surface area contributed by atoms with E-state index in [1.54, 1.807) is 27.8 Å². The topological polar surface area (TPSA) is 93.1 Å². The summed E-state index contributed by atoms with van der Waals surface area (Å²) in [5.41, 5.74) is -0.0990. The standard InChI is InChI=1S/C17H23N5O3/c1-12(2)16-18-17(20-19-16)13-11-22(9-10-25-13)15(24)6-8-21-7-4-3-5-14(21)23/h3-5,7,12-13H,6,8-11H2,1-2H3,(H,18,19,20)/t13-/m1/s1. The second kappa shape index (κ2) is 7.60. The third-order valence-corrected chi connectivity index (χ3v) is 4.23. The molecule has 0 spiro atoms. The number of hydrogen-bond donors (Lipinski definition) is 1. The van der Waals surface area contributed by atoms with Crippen molar-refractivity contribution in [3.8, 4) is 0 Å². The smallest absolute Gasteiger partial charge is 0.250 e. The molecule has 3 heterocycles. The number of aromatic nitrogens is 4. The lowest BCUT2D eigenvalue weighted by Gasteiger charge is -2.32.